The van der Waals surface area contributed by atoms with Crippen molar-refractivity contribution in [3.63, 3.8) is 0 Å². The van der Waals surface area contributed by atoms with Crippen molar-refractivity contribution < 1.29 is 17.6 Å². The molecule has 0 aliphatic heterocycles. The molecule has 1 aromatic heterocycles. The highest BCUT2D eigenvalue weighted by Crippen LogP contribution is 2.36. The lowest BCUT2D eigenvalue weighted by molar-refractivity contribution is -0.137. The zero-order chi connectivity index (χ0) is 13.9. The molecule has 0 radical (unpaired) electrons. The quantitative estimate of drug-likeness (QED) is 0.924. The van der Waals surface area contributed by atoms with Crippen LogP contribution in [0.15, 0.2) is 34.9 Å². The molecule has 2 rings (SSSR count). The minimum absolute atomic E-state index is 0.0131. The normalized spacial score (nSPS) is 11.8. The molecule has 1 aromatic carbocycles. The molecule has 0 saturated heterocycles. The summed E-state index contributed by atoms with van der Waals surface area (Å²) in [6.45, 7) is 3.15. The number of hydrogen-bond acceptors (Lipinski definition) is 3. The summed E-state index contributed by atoms with van der Waals surface area (Å²) in [6.07, 6.45) is -3.06. The summed E-state index contributed by atoms with van der Waals surface area (Å²) >= 11 is 0. The Labute approximate surface area is 108 Å². The number of alkyl halides is 3. The molecule has 102 valence electrons. The molecule has 19 heavy (non-hydrogen) atoms. The van der Waals surface area contributed by atoms with E-state index in [0.717, 1.165) is 12.6 Å². The smallest absolute Gasteiger partial charge is 0.417 e. The van der Waals surface area contributed by atoms with Crippen molar-refractivity contribution in [1.82, 2.24) is 10.3 Å². The van der Waals surface area contributed by atoms with E-state index in [2.05, 4.69) is 10.3 Å². The third kappa shape index (κ3) is 3.14. The van der Waals surface area contributed by atoms with Crippen molar-refractivity contribution in [2.45, 2.75) is 19.6 Å². The maximum absolute atomic E-state index is 12.9. The first-order chi connectivity index (χ1) is 9.02. The zero-order valence-electron chi connectivity index (χ0n) is 10.3. The lowest BCUT2D eigenvalue weighted by atomic mass is 10.1. The van der Waals surface area contributed by atoms with Crippen molar-refractivity contribution in [3.05, 3.63) is 41.8 Å². The fraction of sp³-hybridized carbons (Fsp3) is 0.308. The van der Waals surface area contributed by atoms with E-state index in [1.807, 2.05) is 6.92 Å². The van der Waals surface area contributed by atoms with Crippen LogP contribution in [-0.4, -0.2) is 11.5 Å². The van der Waals surface area contributed by atoms with E-state index >= 15 is 0 Å². The second kappa shape index (κ2) is 5.44. The summed E-state index contributed by atoms with van der Waals surface area (Å²) in [5.41, 5.74) is -0.210. The van der Waals surface area contributed by atoms with Crippen molar-refractivity contribution >= 4 is 0 Å². The van der Waals surface area contributed by atoms with Gasteiger partial charge in [0, 0.05) is 12.1 Å². The highest BCUT2D eigenvalue weighted by atomic mass is 19.4. The Morgan fingerprint density at radius 3 is 2.68 bits per heavy atom. The van der Waals surface area contributed by atoms with Crippen LogP contribution in [0.2, 0.25) is 0 Å². The molecule has 1 heterocycles. The second-order valence-corrected chi connectivity index (χ2v) is 3.97. The van der Waals surface area contributed by atoms with Gasteiger partial charge in [0.25, 0.3) is 0 Å². The van der Waals surface area contributed by atoms with Gasteiger partial charge in [-0.3, -0.25) is 0 Å². The Balaban J connectivity index is 2.34. The SMILES string of the molecule is CCNCc1coc(-c2ccccc2C(F)(F)F)n1. The van der Waals surface area contributed by atoms with Crippen molar-refractivity contribution in [1.29, 1.82) is 0 Å². The van der Waals surface area contributed by atoms with Crippen molar-refractivity contribution in [2.24, 2.45) is 0 Å². The Hall–Kier alpha value is -1.82. The Morgan fingerprint density at radius 2 is 2.00 bits per heavy atom. The first-order valence-electron chi connectivity index (χ1n) is 5.84. The van der Waals surface area contributed by atoms with Gasteiger partial charge in [-0.2, -0.15) is 13.2 Å². The highest BCUT2D eigenvalue weighted by Gasteiger charge is 2.34. The Bertz CT molecular complexity index is 549. The number of nitrogens with zero attached hydrogens (tertiary/aromatic N) is 1. The Morgan fingerprint density at radius 1 is 1.26 bits per heavy atom. The van der Waals surface area contributed by atoms with E-state index in [4.69, 9.17) is 4.42 Å². The third-order valence-electron chi connectivity index (χ3n) is 2.57. The Kier molecular flexibility index (Phi) is 3.90. The highest BCUT2D eigenvalue weighted by molar-refractivity contribution is 5.59. The van der Waals surface area contributed by atoms with Crippen LogP contribution in [0.3, 0.4) is 0 Å². The van der Waals surface area contributed by atoms with Crippen LogP contribution < -0.4 is 5.32 Å². The number of aromatic nitrogens is 1. The molecule has 2 aromatic rings. The zero-order valence-corrected chi connectivity index (χ0v) is 10.3. The summed E-state index contributed by atoms with van der Waals surface area (Å²) in [5.74, 6) is -0.0131. The van der Waals surface area contributed by atoms with Gasteiger partial charge in [0.2, 0.25) is 5.89 Å². The lowest BCUT2D eigenvalue weighted by Crippen LogP contribution is -2.11. The topological polar surface area (TPSA) is 38.1 Å². The van der Waals surface area contributed by atoms with E-state index in [1.54, 1.807) is 0 Å². The van der Waals surface area contributed by atoms with Crippen LogP contribution in [0.4, 0.5) is 13.2 Å². The van der Waals surface area contributed by atoms with Crippen LogP contribution >= 0.6 is 0 Å². The van der Waals surface area contributed by atoms with Gasteiger partial charge in [0.05, 0.1) is 11.3 Å². The molecule has 0 aliphatic rings. The summed E-state index contributed by atoms with van der Waals surface area (Å²) in [4.78, 5) is 4.06. The predicted molar refractivity (Wildman–Crippen MR) is 64.3 cm³/mol. The van der Waals surface area contributed by atoms with Gasteiger partial charge in [-0.05, 0) is 18.7 Å². The summed E-state index contributed by atoms with van der Waals surface area (Å²) in [5, 5.41) is 3.03. The van der Waals surface area contributed by atoms with Gasteiger partial charge in [0.15, 0.2) is 0 Å². The van der Waals surface area contributed by atoms with E-state index in [0.29, 0.717) is 12.2 Å². The maximum Gasteiger partial charge on any atom is 0.417 e. The van der Waals surface area contributed by atoms with Gasteiger partial charge in [-0.15, -0.1) is 0 Å². The predicted octanol–water partition coefficient (Wildman–Crippen LogP) is 3.47. The van der Waals surface area contributed by atoms with Gasteiger partial charge in [-0.1, -0.05) is 19.1 Å². The fourth-order valence-corrected chi connectivity index (χ4v) is 1.68. The number of nitrogens with one attached hydrogen (secondary N) is 1. The fourth-order valence-electron chi connectivity index (χ4n) is 1.68. The van der Waals surface area contributed by atoms with E-state index in [-0.39, 0.29) is 11.5 Å². The van der Waals surface area contributed by atoms with Gasteiger partial charge < -0.3 is 9.73 Å². The van der Waals surface area contributed by atoms with Crippen LogP contribution in [0.5, 0.6) is 0 Å². The van der Waals surface area contributed by atoms with Crippen molar-refractivity contribution in [2.75, 3.05) is 6.54 Å². The van der Waals surface area contributed by atoms with Crippen LogP contribution in [0.1, 0.15) is 18.2 Å². The largest absolute Gasteiger partial charge is 0.444 e. The molecular formula is C13H13F3N2O. The number of rotatable bonds is 4. The van der Waals surface area contributed by atoms with E-state index in [9.17, 15) is 13.2 Å². The van der Waals surface area contributed by atoms with Gasteiger partial charge in [0.1, 0.15) is 6.26 Å². The minimum Gasteiger partial charge on any atom is -0.444 e. The number of oxazole rings is 1. The molecule has 0 saturated carbocycles. The molecule has 3 nitrogen and oxygen atoms in total. The van der Waals surface area contributed by atoms with E-state index < -0.39 is 11.7 Å². The lowest BCUT2D eigenvalue weighted by Gasteiger charge is -2.09. The molecule has 1 N–H and O–H groups in total. The molecule has 0 amide bonds. The third-order valence-corrected chi connectivity index (χ3v) is 2.57. The minimum atomic E-state index is -4.42. The standard InChI is InChI=1S/C13H13F3N2O/c1-2-17-7-9-8-19-12(18-9)10-5-3-4-6-11(10)13(14,15)16/h3-6,8,17H,2,7H2,1H3. The number of hydrogen-bond donors (Lipinski definition) is 1. The monoisotopic (exact) mass is 270 g/mol. The number of halogens is 3. The van der Waals surface area contributed by atoms with Crippen LogP contribution in [-0.2, 0) is 12.7 Å². The van der Waals surface area contributed by atoms with E-state index in [1.165, 1.54) is 24.5 Å². The molecule has 0 spiro atoms. The average Bonchev–Trinajstić information content (AvgIpc) is 2.84. The number of benzene rings is 1. The summed E-state index contributed by atoms with van der Waals surface area (Å²) in [6, 6.07) is 5.24. The molecule has 0 aliphatic carbocycles. The van der Waals surface area contributed by atoms with Crippen molar-refractivity contribution in [3.8, 4) is 11.5 Å². The maximum atomic E-state index is 12.9. The average molecular weight is 270 g/mol. The first-order valence-corrected chi connectivity index (χ1v) is 5.84. The molecule has 0 atom stereocenters. The van der Waals surface area contributed by atoms with Crippen LogP contribution in [0.25, 0.3) is 11.5 Å². The van der Waals surface area contributed by atoms with Gasteiger partial charge in [-0.25, -0.2) is 4.98 Å². The molecular weight excluding hydrogens is 257 g/mol. The summed E-state index contributed by atoms with van der Waals surface area (Å²) in [7, 11) is 0. The second-order valence-electron chi connectivity index (χ2n) is 3.97. The molecule has 0 fully saturated rings. The molecule has 0 bridgehead atoms. The summed E-state index contributed by atoms with van der Waals surface area (Å²) < 4.78 is 43.7. The van der Waals surface area contributed by atoms with Crippen LogP contribution in [0, 0.1) is 0 Å². The first kappa shape index (κ1) is 13.6. The molecule has 6 heteroatoms. The molecule has 0 unspecified atom stereocenters. The van der Waals surface area contributed by atoms with Gasteiger partial charge >= 0.3 is 6.18 Å².